The summed E-state index contributed by atoms with van der Waals surface area (Å²) in [6.07, 6.45) is 3.07. The Morgan fingerprint density at radius 1 is 0.958 bits per heavy atom. The number of hydrogen-bond donors (Lipinski definition) is 2. The summed E-state index contributed by atoms with van der Waals surface area (Å²) < 4.78 is 13.6. The molecule has 0 atom stereocenters. The average molecular weight is 328 g/mol. The first kappa shape index (κ1) is 17.7. The van der Waals surface area contributed by atoms with Gasteiger partial charge in [-0.1, -0.05) is 38.0 Å². The Balaban J connectivity index is 2.02. The van der Waals surface area contributed by atoms with Crippen LogP contribution in [0.1, 0.15) is 46.9 Å². The van der Waals surface area contributed by atoms with E-state index in [-0.39, 0.29) is 11.6 Å². The number of benzene rings is 2. The lowest BCUT2D eigenvalue weighted by molar-refractivity contribution is 0.0953. The molecule has 2 amide bonds. The second-order valence-corrected chi connectivity index (χ2v) is 5.48. The van der Waals surface area contributed by atoms with E-state index in [0.29, 0.717) is 17.7 Å². The number of unbranched alkanes of at least 4 members (excludes halogenated alkanes) is 2. The highest BCUT2D eigenvalue weighted by atomic mass is 19.1. The number of anilines is 1. The second kappa shape index (κ2) is 8.82. The maximum atomic E-state index is 13.6. The summed E-state index contributed by atoms with van der Waals surface area (Å²) in [7, 11) is 0. The molecule has 24 heavy (non-hydrogen) atoms. The summed E-state index contributed by atoms with van der Waals surface area (Å²) in [5.74, 6) is -1.18. The van der Waals surface area contributed by atoms with Gasteiger partial charge >= 0.3 is 0 Å². The van der Waals surface area contributed by atoms with Crippen molar-refractivity contribution in [3.05, 3.63) is 65.5 Å². The van der Waals surface area contributed by atoms with E-state index in [4.69, 9.17) is 0 Å². The molecule has 0 radical (unpaired) electrons. The van der Waals surface area contributed by atoms with E-state index in [0.717, 1.165) is 19.3 Å². The first-order chi connectivity index (χ1) is 11.6. The summed E-state index contributed by atoms with van der Waals surface area (Å²) in [5.41, 5.74) is 0.823. The van der Waals surface area contributed by atoms with Crippen LogP contribution in [0.3, 0.4) is 0 Å². The van der Waals surface area contributed by atoms with Crippen LogP contribution in [0.25, 0.3) is 0 Å². The first-order valence-electron chi connectivity index (χ1n) is 8.06. The van der Waals surface area contributed by atoms with Gasteiger partial charge in [0.05, 0.1) is 5.69 Å². The third-order valence-corrected chi connectivity index (χ3v) is 3.57. The molecule has 4 nitrogen and oxygen atoms in total. The van der Waals surface area contributed by atoms with Crippen LogP contribution in [0.2, 0.25) is 0 Å². The van der Waals surface area contributed by atoms with Crippen molar-refractivity contribution in [3.63, 3.8) is 0 Å². The van der Waals surface area contributed by atoms with Crippen LogP contribution in [0.5, 0.6) is 0 Å². The molecule has 2 aromatic rings. The van der Waals surface area contributed by atoms with Crippen molar-refractivity contribution in [3.8, 4) is 0 Å². The summed E-state index contributed by atoms with van der Waals surface area (Å²) in [6, 6.07) is 12.3. The van der Waals surface area contributed by atoms with Crippen LogP contribution in [-0.2, 0) is 0 Å². The standard InChI is InChI=1S/C19H21FN2O2/c1-2-3-6-12-21-18(23)14-8-7-9-15(13-14)19(24)22-17-11-5-4-10-16(17)20/h4-5,7-11,13H,2-3,6,12H2,1H3,(H,21,23)(H,22,24). The zero-order chi connectivity index (χ0) is 17.4. The quantitative estimate of drug-likeness (QED) is 0.755. The van der Waals surface area contributed by atoms with Gasteiger partial charge in [0.15, 0.2) is 0 Å². The van der Waals surface area contributed by atoms with Gasteiger partial charge in [0.1, 0.15) is 5.82 Å². The van der Waals surface area contributed by atoms with Crippen molar-refractivity contribution >= 4 is 17.5 Å². The van der Waals surface area contributed by atoms with E-state index in [1.807, 2.05) is 0 Å². The minimum absolute atomic E-state index is 0.108. The predicted molar refractivity (Wildman–Crippen MR) is 92.7 cm³/mol. The number of rotatable bonds is 7. The van der Waals surface area contributed by atoms with E-state index < -0.39 is 11.7 Å². The van der Waals surface area contributed by atoms with Crippen molar-refractivity contribution in [1.29, 1.82) is 0 Å². The molecule has 2 rings (SSSR count). The predicted octanol–water partition coefficient (Wildman–Crippen LogP) is 4.00. The maximum absolute atomic E-state index is 13.6. The molecule has 0 aromatic heterocycles. The highest BCUT2D eigenvalue weighted by molar-refractivity contribution is 6.06. The normalized spacial score (nSPS) is 10.2. The lowest BCUT2D eigenvalue weighted by Gasteiger charge is -2.08. The molecule has 0 aliphatic carbocycles. The first-order valence-corrected chi connectivity index (χ1v) is 8.06. The number of hydrogen-bond acceptors (Lipinski definition) is 2. The molecule has 2 aromatic carbocycles. The van der Waals surface area contributed by atoms with Gasteiger partial charge in [0, 0.05) is 17.7 Å². The van der Waals surface area contributed by atoms with Gasteiger partial charge in [0.25, 0.3) is 11.8 Å². The van der Waals surface area contributed by atoms with Crippen LogP contribution < -0.4 is 10.6 Å². The largest absolute Gasteiger partial charge is 0.352 e. The molecule has 2 N–H and O–H groups in total. The van der Waals surface area contributed by atoms with Gasteiger partial charge in [0.2, 0.25) is 0 Å². The Kier molecular flexibility index (Phi) is 6.49. The number of carbonyl (C=O) groups is 2. The van der Waals surface area contributed by atoms with Crippen LogP contribution >= 0.6 is 0 Å². The molecule has 0 heterocycles. The monoisotopic (exact) mass is 328 g/mol. The van der Waals surface area contributed by atoms with Gasteiger partial charge in [-0.25, -0.2) is 4.39 Å². The molecule has 0 unspecified atom stereocenters. The van der Waals surface area contributed by atoms with Crippen molar-refractivity contribution in [2.24, 2.45) is 0 Å². The lowest BCUT2D eigenvalue weighted by atomic mass is 10.1. The molecule has 5 heteroatoms. The van der Waals surface area contributed by atoms with Gasteiger partial charge in [-0.3, -0.25) is 9.59 Å². The Hall–Kier alpha value is -2.69. The molecule has 0 aliphatic rings. The molecule has 0 fully saturated rings. The SMILES string of the molecule is CCCCCNC(=O)c1cccc(C(=O)Nc2ccccc2F)c1. The topological polar surface area (TPSA) is 58.2 Å². The van der Waals surface area contributed by atoms with E-state index in [1.54, 1.807) is 30.3 Å². The molecular formula is C19H21FN2O2. The fraction of sp³-hybridized carbons (Fsp3) is 0.263. The lowest BCUT2D eigenvalue weighted by Crippen LogP contribution is -2.24. The number of carbonyl (C=O) groups excluding carboxylic acids is 2. The minimum Gasteiger partial charge on any atom is -0.352 e. The molecule has 0 saturated heterocycles. The average Bonchev–Trinajstić information content (AvgIpc) is 2.60. The molecule has 126 valence electrons. The Bertz CT molecular complexity index is 716. The van der Waals surface area contributed by atoms with Crippen LogP contribution in [0, 0.1) is 5.82 Å². The third-order valence-electron chi connectivity index (χ3n) is 3.57. The number of nitrogens with one attached hydrogen (secondary N) is 2. The Labute approximate surface area is 141 Å². The van der Waals surface area contributed by atoms with Crippen molar-refractivity contribution < 1.29 is 14.0 Å². The van der Waals surface area contributed by atoms with E-state index in [2.05, 4.69) is 17.6 Å². The van der Waals surface area contributed by atoms with Gasteiger partial charge in [-0.15, -0.1) is 0 Å². The van der Waals surface area contributed by atoms with Crippen molar-refractivity contribution in [2.45, 2.75) is 26.2 Å². The molecule has 0 bridgehead atoms. The summed E-state index contributed by atoms with van der Waals surface area (Å²) in [5, 5.41) is 5.33. The van der Waals surface area contributed by atoms with E-state index in [1.165, 1.54) is 18.2 Å². The van der Waals surface area contributed by atoms with Crippen molar-refractivity contribution in [1.82, 2.24) is 5.32 Å². The van der Waals surface area contributed by atoms with Gasteiger partial charge in [-0.2, -0.15) is 0 Å². The highest BCUT2D eigenvalue weighted by Crippen LogP contribution is 2.14. The second-order valence-electron chi connectivity index (χ2n) is 5.48. The van der Waals surface area contributed by atoms with Gasteiger partial charge < -0.3 is 10.6 Å². The number of halogens is 1. The Morgan fingerprint density at radius 2 is 1.67 bits per heavy atom. The van der Waals surface area contributed by atoms with Crippen molar-refractivity contribution in [2.75, 3.05) is 11.9 Å². The molecule has 0 spiro atoms. The van der Waals surface area contributed by atoms with Crippen LogP contribution in [-0.4, -0.2) is 18.4 Å². The summed E-state index contributed by atoms with van der Waals surface area (Å²) >= 11 is 0. The highest BCUT2D eigenvalue weighted by Gasteiger charge is 2.12. The molecule has 0 saturated carbocycles. The van der Waals surface area contributed by atoms with Gasteiger partial charge in [-0.05, 0) is 36.8 Å². The van der Waals surface area contributed by atoms with Crippen LogP contribution in [0.4, 0.5) is 10.1 Å². The Morgan fingerprint density at radius 3 is 2.38 bits per heavy atom. The zero-order valence-electron chi connectivity index (χ0n) is 13.6. The maximum Gasteiger partial charge on any atom is 0.255 e. The van der Waals surface area contributed by atoms with E-state index in [9.17, 15) is 14.0 Å². The summed E-state index contributed by atoms with van der Waals surface area (Å²) in [4.78, 5) is 24.3. The minimum atomic E-state index is -0.504. The van der Waals surface area contributed by atoms with Crippen LogP contribution in [0.15, 0.2) is 48.5 Å². The number of amides is 2. The fourth-order valence-electron chi connectivity index (χ4n) is 2.24. The summed E-state index contributed by atoms with van der Waals surface area (Å²) in [6.45, 7) is 2.71. The van der Waals surface area contributed by atoms with E-state index >= 15 is 0 Å². The number of para-hydroxylation sites is 1. The third kappa shape index (κ3) is 4.91. The molecule has 0 aliphatic heterocycles. The zero-order valence-corrected chi connectivity index (χ0v) is 13.6. The molecular weight excluding hydrogens is 307 g/mol. The fourth-order valence-corrected chi connectivity index (χ4v) is 2.24. The smallest absolute Gasteiger partial charge is 0.255 e.